The Morgan fingerprint density at radius 3 is 2.47 bits per heavy atom. The van der Waals surface area contributed by atoms with Gasteiger partial charge in [0.15, 0.2) is 5.05 Å². The van der Waals surface area contributed by atoms with Gasteiger partial charge in [0.1, 0.15) is 0 Å². The maximum atomic E-state index is 11.3. The molecule has 0 saturated heterocycles. The van der Waals surface area contributed by atoms with Crippen LogP contribution in [-0.4, -0.2) is 21.4 Å². The van der Waals surface area contributed by atoms with E-state index in [2.05, 4.69) is 17.5 Å². The second-order valence-corrected chi connectivity index (χ2v) is 5.63. The number of hydrogen-bond acceptors (Lipinski definition) is 4. The molecule has 0 heterocycles. The zero-order valence-corrected chi connectivity index (χ0v) is 11.8. The average Bonchev–Trinajstić information content (AvgIpc) is 2.12. The lowest BCUT2D eigenvalue weighted by Gasteiger charge is -2.22. The number of rotatable bonds is 4. The minimum atomic E-state index is -1.74. The highest BCUT2D eigenvalue weighted by Crippen LogP contribution is 2.37. The van der Waals surface area contributed by atoms with Crippen LogP contribution >= 0.6 is 59.8 Å². The molecule has 0 aromatic heterocycles. The Morgan fingerprint density at radius 1 is 1.60 bits per heavy atom. The van der Waals surface area contributed by atoms with Crippen molar-refractivity contribution >= 4 is 70.8 Å². The number of thiocarbonyl (C=S) groups is 1. The number of carbonyl (C=O) groups excluding carboxylic acids is 1. The summed E-state index contributed by atoms with van der Waals surface area (Å²) >= 11 is 25.4. The Labute approximate surface area is 114 Å². The van der Waals surface area contributed by atoms with Gasteiger partial charge in [-0.05, 0) is 19.1 Å². The summed E-state index contributed by atoms with van der Waals surface area (Å²) in [4.78, 5) is 11.3. The lowest BCUT2D eigenvalue weighted by molar-refractivity contribution is -0.122. The maximum Gasteiger partial charge on any atom is 0.237 e. The topological polar surface area (TPSA) is 38.3 Å². The Morgan fingerprint density at radius 2 is 2.13 bits per heavy atom. The van der Waals surface area contributed by atoms with E-state index in [9.17, 15) is 4.79 Å². The molecule has 0 aliphatic heterocycles. The maximum absolute atomic E-state index is 11.3. The molecule has 0 fully saturated rings. The Kier molecular flexibility index (Phi) is 7.28. The fourth-order valence-corrected chi connectivity index (χ4v) is 1.79. The monoisotopic (exact) mass is 309 g/mol. The molecule has 8 heteroatoms. The van der Waals surface area contributed by atoms with Gasteiger partial charge in [-0.2, -0.15) is 0 Å². The van der Waals surface area contributed by atoms with Crippen LogP contribution in [0.15, 0.2) is 0 Å². The van der Waals surface area contributed by atoms with Gasteiger partial charge in [-0.25, -0.2) is 0 Å². The summed E-state index contributed by atoms with van der Waals surface area (Å²) in [7, 11) is 0. The molecule has 88 valence electrons. The van der Waals surface area contributed by atoms with Crippen molar-refractivity contribution in [1.82, 2.24) is 4.72 Å². The van der Waals surface area contributed by atoms with Gasteiger partial charge in [-0.3, -0.25) is 4.79 Å². The van der Waals surface area contributed by atoms with E-state index in [0.29, 0.717) is 6.61 Å². The summed E-state index contributed by atoms with van der Waals surface area (Å²) < 4.78 is 5.38. The average molecular weight is 311 g/mol. The Hall–Kier alpha value is 0.580. The standard InChI is InChI=1S/C7H10Cl3NO2S2/c1-2-13-5(14)3-4(6(12)11-15)7(8,9)10/h4,15H,2-3H2,1H3,(H,11,12). The molecule has 0 aliphatic rings. The fraction of sp³-hybridized carbons (Fsp3) is 0.714. The number of hydrogen-bond donors (Lipinski definition) is 2. The molecule has 0 radical (unpaired) electrons. The SMILES string of the molecule is CCOC(=S)CC(C(=O)NS)C(Cl)(Cl)Cl. The van der Waals surface area contributed by atoms with E-state index >= 15 is 0 Å². The van der Waals surface area contributed by atoms with Crippen LogP contribution in [0, 0.1) is 5.92 Å². The van der Waals surface area contributed by atoms with Crippen molar-refractivity contribution in [3.8, 4) is 0 Å². The molecule has 0 saturated carbocycles. The first-order valence-electron chi connectivity index (χ1n) is 3.99. The second kappa shape index (κ2) is 7.01. The third-order valence-electron chi connectivity index (χ3n) is 1.50. The van der Waals surface area contributed by atoms with Gasteiger partial charge in [-0.15, -0.1) is 0 Å². The smallest absolute Gasteiger partial charge is 0.237 e. The molecule has 0 aliphatic carbocycles. The van der Waals surface area contributed by atoms with Crippen LogP contribution < -0.4 is 4.72 Å². The predicted molar refractivity (Wildman–Crippen MR) is 69.7 cm³/mol. The first kappa shape index (κ1) is 15.6. The summed E-state index contributed by atoms with van der Waals surface area (Å²) in [5, 5.41) is 0.228. The Balaban J connectivity index is 4.53. The van der Waals surface area contributed by atoms with Gasteiger partial charge in [0, 0.05) is 6.42 Å². The van der Waals surface area contributed by atoms with Crippen LogP contribution in [0.25, 0.3) is 0 Å². The third kappa shape index (κ3) is 6.02. The number of amides is 1. The fourth-order valence-electron chi connectivity index (χ4n) is 0.822. The minimum absolute atomic E-state index is 0.0616. The van der Waals surface area contributed by atoms with Crippen LogP contribution in [0.4, 0.5) is 0 Å². The van der Waals surface area contributed by atoms with Gasteiger partial charge in [0.05, 0.1) is 12.5 Å². The molecule has 1 unspecified atom stereocenters. The quantitative estimate of drug-likeness (QED) is 0.476. The van der Waals surface area contributed by atoms with E-state index in [4.69, 9.17) is 51.8 Å². The lowest BCUT2D eigenvalue weighted by Crippen LogP contribution is -2.35. The van der Waals surface area contributed by atoms with E-state index in [1.54, 1.807) is 6.92 Å². The van der Waals surface area contributed by atoms with Gasteiger partial charge in [0.25, 0.3) is 0 Å². The van der Waals surface area contributed by atoms with Crippen LogP contribution in [0.3, 0.4) is 0 Å². The Bertz CT molecular complexity index is 245. The van der Waals surface area contributed by atoms with Crippen LogP contribution in [0.5, 0.6) is 0 Å². The molecule has 1 amide bonds. The highest BCUT2D eigenvalue weighted by Gasteiger charge is 2.39. The zero-order chi connectivity index (χ0) is 12.1. The third-order valence-corrected chi connectivity index (χ3v) is 2.79. The van der Waals surface area contributed by atoms with Crippen molar-refractivity contribution < 1.29 is 9.53 Å². The minimum Gasteiger partial charge on any atom is -0.487 e. The van der Waals surface area contributed by atoms with E-state index < -0.39 is 15.6 Å². The molecular weight excluding hydrogens is 301 g/mol. The molecule has 0 aromatic rings. The van der Waals surface area contributed by atoms with Crippen molar-refractivity contribution in [3.63, 3.8) is 0 Å². The molecule has 0 bridgehead atoms. The zero-order valence-electron chi connectivity index (χ0n) is 7.80. The molecule has 15 heavy (non-hydrogen) atoms. The summed E-state index contributed by atoms with van der Waals surface area (Å²) in [5.74, 6) is -1.43. The predicted octanol–water partition coefficient (Wildman–Crippen LogP) is 2.69. The number of halogens is 3. The number of nitrogens with one attached hydrogen (secondary N) is 1. The van der Waals surface area contributed by atoms with Crippen molar-refractivity contribution in [2.24, 2.45) is 5.92 Å². The van der Waals surface area contributed by atoms with Gasteiger partial charge >= 0.3 is 0 Å². The summed E-state index contributed by atoms with van der Waals surface area (Å²) in [6.45, 7) is 2.18. The van der Waals surface area contributed by atoms with E-state index in [1.807, 2.05) is 0 Å². The van der Waals surface area contributed by atoms with Crippen LogP contribution in [-0.2, 0) is 9.53 Å². The number of alkyl halides is 3. The molecule has 0 rings (SSSR count). The molecule has 3 nitrogen and oxygen atoms in total. The second-order valence-electron chi connectivity index (χ2n) is 2.58. The summed E-state index contributed by atoms with van der Waals surface area (Å²) in [6, 6.07) is 0. The number of carbonyl (C=O) groups is 1. The molecule has 1 atom stereocenters. The molecule has 0 aromatic carbocycles. The highest BCUT2D eigenvalue weighted by molar-refractivity contribution is 7.80. The van der Waals surface area contributed by atoms with Crippen molar-refractivity contribution in [3.05, 3.63) is 0 Å². The molecular formula is C7H10Cl3NO2S2. The van der Waals surface area contributed by atoms with Crippen LogP contribution in [0.2, 0.25) is 0 Å². The largest absolute Gasteiger partial charge is 0.487 e. The number of ether oxygens (including phenoxy) is 1. The van der Waals surface area contributed by atoms with Crippen LogP contribution in [0.1, 0.15) is 13.3 Å². The molecule has 0 spiro atoms. The van der Waals surface area contributed by atoms with E-state index in [0.717, 1.165) is 0 Å². The van der Waals surface area contributed by atoms with Gasteiger partial charge in [0.2, 0.25) is 9.70 Å². The first-order chi connectivity index (χ1) is 6.82. The van der Waals surface area contributed by atoms with Gasteiger partial charge < -0.3 is 9.46 Å². The lowest BCUT2D eigenvalue weighted by atomic mass is 10.1. The molecule has 1 N–H and O–H groups in total. The first-order valence-corrected chi connectivity index (χ1v) is 5.98. The normalized spacial score (nSPS) is 13.1. The van der Waals surface area contributed by atoms with Crippen molar-refractivity contribution in [2.75, 3.05) is 6.61 Å². The van der Waals surface area contributed by atoms with Crippen molar-refractivity contribution in [2.45, 2.75) is 17.1 Å². The summed E-state index contributed by atoms with van der Waals surface area (Å²) in [6.07, 6.45) is 0.0616. The summed E-state index contributed by atoms with van der Waals surface area (Å²) in [5.41, 5.74) is 0. The number of thiol groups is 1. The van der Waals surface area contributed by atoms with E-state index in [-0.39, 0.29) is 11.5 Å². The van der Waals surface area contributed by atoms with Crippen molar-refractivity contribution in [1.29, 1.82) is 0 Å². The van der Waals surface area contributed by atoms with Gasteiger partial charge in [-0.1, -0.05) is 47.6 Å². The highest BCUT2D eigenvalue weighted by atomic mass is 35.6. The van der Waals surface area contributed by atoms with E-state index in [1.165, 1.54) is 0 Å².